The van der Waals surface area contributed by atoms with Gasteiger partial charge in [-0.05, 0) is 42.8 Å². The second-order valence-corrected chi connectivity index (χ2v) is 7.88. The average Bonchev–Trinajstić information content (AvgIpc) is 3.28. The monoisotopic (exact) mass is 513 g/mol. The molecule has 0 atom stereocenters. The molecule has 0 saturated heterocycles. The van der Waals surface area contributed by atoms with Gasteiger partial charge in [0, 0.05) is 35.3 Å². The molecule has 1 aliphatic rings. The van der Waals surface area contributed by atoms with Gasteiger partial charge in [0.2, 0.25) is 0 Å². The Labute approximate surface area is 207 Å². The minimum absolute atomic E-state index is 0.0569. The number of aliphatic hydroxyl groups is 1. The Morgan fingerprint density at radius 1 is 1.16 bits per heavy atom. The van der Waals surface area contributed by atoms with Crippen LogP contribution in [0.5, 0.6) is 0 Å². The number of carbonyl (C=O) groups is 1. The van der Waals surface area contributed by atoms with Crippen LogP contribution in [0.4, 0.5) is 23.4 Å². The van der Waals surface area contributed by atoms with Gasteiger partial charge in [-0.3, -0.25) is 9.89 Å². The number of carbonyl (C=O) groups excluding carboxylic acids is 1. The van der Waals surface area contributed by atoms with Crippen LogP contribution in [-0.4, -0.2) is 43.5 Å². The van der Waals surface area contributed by atoms with Gasteiger partial charge in [-0.15, -0.1) is 0 Å². The number of nitrogens with one attached hydrogen (secondary N) is 4. The number of aryl methyl sites for hydroxylation is 1. The minimum atomic E-state index is -4.94. The van der Waals surface area contributed by atoms with Crippen molar-refractivity contribution in [2.45, 2.75) is 13.1 Å². The molecule has 0 aliphatic heterocycles. The van der Waals surface area contributed by atoms with E-state index in [9.17, 15) is 27.5 Å². The zero-order valence-corrected chi connectivity index (χ0v) is 19.1. The van der Waals surface area contributed by atoms with Crippen molar-refractivity contribution in [3.8, 4) is 11.4 Å². The van der Waals surface area contributed by atoms with Crippen molar-refractivity contribution in [3.63, 3.8) is 0 Å². The Morgan fingerprint density at radius 3 is 2.51 bits per heavy atom. The van der Waals surface area contributed by atoms with Crippen LogP contribution < -0.4 is 10.6 Å². The molecule has 9 nitrogen and oxygen atoms in total. The Kier molecular flexibility index (Phi) is 6.98. The molecule has 5 N–H and O–H groups in total. The molecule has 0 saturated carbocycles. The van der Waals surface area contributed by atoms with Gasteiger partial charge in [0.25, 0.3) is 5.91 Å². The van der Waals surface area contributed by atoms with Crippen LogP contribution in [0.2, 0.25) is 0 Å². The number of aromatic nitrogens is 4. The maximum absolute atomic E-state index is 14.9. The first-order valence-electron chi connectivity index (χ1n) is 10.7. The molecule has 190 valence electrons. The summed E-state index contributed by atoms with van der Waals surface area (Å²) in [6.07, 6.45) is 1.82. The normalized spacial score (nSPS) is 14.9. The minimum Gasteiger partial charge on any atom is -0.392 e. The third kappa shape index (κ3) is 5.62. The lowest BCUT2D eigenvalue weighted by Crippen LogP contribution is -2.31. The Balaban J connectivity index is 1.79. The van der Waals surface area contributed by atoms with Gasteiger partial charge in [-0.25, -0.2) is 14.4 Å². The van der Waals surface area contributed by atoms with Gasteiger partial charge in [0.15, 0.2) is 11.6 Å². The van der Waals surface area contributed by atoms with Gasteiger partial charge in [0.05, 0.1) is 23.4 Å². The molecular formula is C24H19F4N7O2. The van der Waals surface area contributed by atoms with E-state index in [4.69, 9.17) is 5.41 Å². The fourth-order valence-corrected chi connectivity index (χ4v) is 3.46. The van der Waals surface area contributed by atoms with Crippen molar-refractivity contribution in [1.29, 1.82) is 5.41 Å². The molecule has 0 unspecified atom stereocenters. The maximum atomic E-state index is 14.9. The predicted molar refractivity (Wildman–Crippen MR) is 126 cm³/mol. The number of amides is 1. The van der Waals surface area contributed by atoms with Crippen molar-refractivity contribution < 1.29 is 27.5 Å². The summed E-state index contributed by atoms with van der Waals surface area (Å²) in [6.45, 7) is 1.37. The third-order valence-electron chi connectivity index (χ3n) is 5.20. The van der Waals surface area contributed by atoms with Gasteiger partial charge in [0.1, 0.15) is 11.6 Å². The van der Waals surface area contributed by atoms with Crippen molar-refractivity contribution >= 4 is 17.4 Å². The number of alkyl halides is 3. The molecule has 1 amide bonds. The zero-order valence-electron chi connectivity index (χ0n) is 19.1. The first-order valence-corrected chi connectivity index (χ1v) is 10.7. The van der Waals surface area contributed by atoms with Crippen molar-refractivity contribution in [1.82, 2.24) is 25.5 Å². The number of halogens is 4. The topological polar surface area (TPSA) is 140 Å². The number of hydrogen-bond donors (Lipinski definition) is 5. The Morgan fingerprint density at radius 2 is 1.89 bits per heavy atom. The molecule has 1 aliphatic carbocycles. The molecule has 0 spiro atoms. The Hall–Kier alpha value is -4.65. The van der Waals surface area contributed by atoms with Gasteiger partial charge in [-0.2, -0.15) is 18.3 Å². The molecule has 0 radical (unpaired) electrons. The van der Waals surface area contributed by atoms with Crippen LogP contribution in [-0.2, 0) is 6.18 Å². The summed E-state index contributed by atoms with van der Waals surface area (Å²) in [5.74, 6) is -2.73. The molecule has 4 rings (SSSR count). The highest BCUT2D eigenvalue weighted by molar-refractivity contribution is 6.11. The lowest BCUT2D eigenvalue weighted by molar-refractivity contribution is -0.137. The fourth-order valence-electron chi connectivity index (χ4n) is 3.46. The fraction of sp³-hybridized carbons (Fsp3) is 0.125. The molecule has 0 bridgehead atoms. The summed E-state index contributed by atoms with van der Waals surface area (Å²) in [5.41, 5.74) is -1.48. The van der Waals surface area contributed by atoms with Crippen LogP contribution in [0.3, 0.4) is 0 Å². The smallest absolute Gasteiger partial charge is 0.392 e. The summed E-state index contributed by atoms with van der Waals surface area (Å²) in [7, 11) is 0. The summed E-state index contributed by atoms with van der Waals surface area (Å²) in [6, 6.07) is 3.93. The predicted octanol–water partition coefficient (Wildman–Crippen LogP) is 3.89. The van der Waals surface area contributed by atoms with Crippen molar-refractivity contribution in [3.05, 3.63) is 94.5 Å². The van der Waals surface area contributed by atoms with E-state index >= 15 is 0 Å². The van der Waals surface area contributed by atoms with Crippen LogP contribution >= 0.6 is 0 Å². The Bertz CT molecular complexity index is 1460. The molecule has 2 heterocycles. The van der Waals surface area contributed by atoms with Crippen molar-refractivity contribution in [2.75, 3.05) is 11.9 Å². The lowest BCUT2D eigenvalue weighted by atomic mass is 9.99. The quantitative estimate of drug-likeness (QED) is 0.317. The van der Waals surface area contributed by atoms with Gasteiger partial charge >= 0.3 is 6.18 Å². The van der Waals surface area contributed by atoms with E-state index in [1.165, 1.54) is 36.7 Å². The summed E-state index contributed by atoms with van der Waals surface area (Å²) < 4.78 is 55.8. The molecule has 0 fully saturated rings. The zero-order chi connectivity index (χ0) is 26.7. The average molecular weight is 513 g/mol. The largest absolute Gasteiger partial charge is 0.417 e. The van der Waals surface area contributed by atoms with Crippen LogP contribution in [0, 0.1) is 18.2 Å². The number of benzene rings is 1. The number of allylic oxidation sites excluding steroid dienone is 3. The molecule has 37 heavy (non-hydrogen) atoms. The van der Waals surface area contributed by atoms with Crippen LogP contribution in [0.1, 0.15) is 21.6 Å². The van der Waals surface area contributed by atoms with E-state index in [1.54, 1.807) is 13.0 Å². The molecular weight excluding hydrogens is 494 g/mol. The number of hydrogen-bond acceptors (Lipinski definition) is 7. The number of H-pyrrole nitrogens is 1. The highest BCUT2D eigenvalue weighted by atomic mass is 19.4. The van der Waals surface area contributed by atoms with E-state index in [0.717, 1.165) is 6.07 Å². The van der Waals surface area contributed by atoms with E-state index in [1.807, 2.05) is 0 Å². The second-order valence-electron chi connectivity index (χ2n) is 7.88. The number of aromatic amines is 1. The SMILES string of the molecule is Cc1cc(N/C(NC(=O)c2cc(-c3ncccn3)c(C(F)(F)F)cc2F)=C2/C=C(CO)C=CC2=N)n[nH]1. The summed E-state index contributed by atoms with van der Waals surface area (Å²) >= 11 is 0. The molecule has 3 aromatic rings. The molecule has 2 aromatic heterocycles. The highest BCUT2D eigenvalue weighted by Crippen LogP contribution is 2.37. The van der Waals surface area contributed by atoms with Crippen LogP contribution in [0.15, 0.2) is 71.9 Å². The van der Waals surface area contributed by atoms with Crippen LogP contribution in [0.25, 0.3) is 11.4 Å². The summed E-state index contributed by atoms with van der Waals surface area (Å²) in [5, 5.41) is 29.7. The number of nitrogens with zero attached hydrogens (tertiary/aromatic N) is 3. The van der Waals surface area contributed by atoms with E-state index in [-0.39, 0.29) is 41.4 Å². The third-order valence-corrected chi connectivity index (χ3v) is 5.20. The van der Waals surface area contributed by atoms with E-state index in [0.29, 0.717) is 11.3 Å². The van der Waals surface area contributed by atoms with E-state index < -0.39 is 34.6 Å². The second kappa shape index (κ2) is 10.1. The van der Waals surface area contributed by atoms with Gasteiger partial charge < -0.3 is 21.1 Å². The van der Waals surface area contributed by atoms with Crippen molar-refractivity contribution in [2.24, 2.45) is 0 Å². The standard InChI is InChI=1S/C24H19F4N7O2/c1-12-7-20(35-34-12)32-22(16-8-13(11-36)3-4-19(16)29)33-23(37)15-9-14(21-30-5-2-6-31-21)17(10-18(15)25)24(26,27)28/h2-10,29,36H,11H2,1H3,(H,33,37)(H2,32,34,35)/b22-16+,29-19?. The number of rotatable bonds is 6. The lowest BCUT2D eigenvalue weighted by Gasteiger charge is -2.19. The maximum Gasteiger partial charge on any atom is 0.417 e. The number of anilines is 1. The highest BCUT2D eigenvalue weighted by Gasteiger charge is 2.36. The molecule has 13 heteroatoms. The molecule has 1 aromatic carbocycles. The summed E-state index contributed by atoms with van der Waals surface area (Å²) in [4.78, 5) is 20.8. The first kappa shape index (κ1) is 25.4. The number of aliphatic hydroxyl groups excluding tert-OH is 1. The van der Waals surface area contributed by atoms with Gasteiger partial charge in [-0.1, -0.05) is 6.08 Å². The van der Waals surface area contributed by atoms with E-state index in [2.05, 4.69) is 30.8 Å². The first-order chi connectivity index (χ1) is 17.6.